The smallest absolute Gasteiger partial charge is 0.341 e. The monoisotopic (exact) mass is 492 g/mol. The fourth-order valence-electron chi connectivity index (χ4n) is 4.91. The van der Waals surface area contributed by atoms with Crippen LogP contribution in [0.25, 0.3) is 5.70 Å². The molecule has 2 saturated heterocycles. The van der Waals surface area contributed by atoms with Crippen molar-refractivity contribution in [3.8, 4) is 0 Å². The van der Waals surface area contributed by atoms with Crippen molar-refractivity contribution < 1.29 is 4.79 Å². The molecular formula is C23H28N10OS. The highest BCUT2D eigenvalue weighted by Gasteiger charge is 2.51. The first-order valence-electron chi connectivity index (χ1n) is 11.7. The van der Waals surface area contributed by atoms with E-state index in [4.69, 9.17) is 10.8 Å². The van der Waals surface area contributed by atoms with Crippen LogP contribution in [0.5, 0.6) is 0 Å². The Morgan fingerprint density at radius 1 is 1.11 bits per heavy atom. The van der Waals surface area contributed by atoms with Crippen LogP contribution < -0.4 is 10.7 Å². The minimum absolute atomic E-state index is 0.0831. The molecule has 4 aliphatic rings. The fraction of sp³-hybridized carbons (Fsp3) is 0.391. The number of rotatable bonds is 5. The zero-order valence-corrected chi connectivity index (χ0v) is 20.6. The predicted octanol–water partition coefficient (Wildman–Crippen LogP) is 1.44. The van der Waals surface area contributed by atoms with Gasteiger partial charge in [0, 0.05) is 63.6 Å². The molecule has 182 valence electrons. The van der Waals surface area contributed by atoms with Crippen molar-refractivity contribution in [3.05, 3.63) is 52.1 Å². The molecule has 1 atom stereocenters. The number of fused-ring (bicyclic) bond motifs is 3. The van der Waals surface area contributed by atoms with Crippen LogP contribution in [0.3, 0.4) is 0 Å². The molecule has 1 unspecified atom stereocenters. The quantitative estimate of drug-likeness (QED) is 0.631. The number of aryl methyl sites for hydroxylation is 1. The van der Waals surface area contributed by atoms with E-state index in [1.807, 2.05) is 10.4 Å². The molecule has 35 heavy (non-hydrogen) atoms. The van der Waals surface area contributed by atoms with Gasteiger partial charge in [0.15, 0.2) is 5.84 Å². The van der Waals surface area contributed by atoms with Crippen molar-refractivity contribution in [1.29, 1.82) is 0 Å². The molecule has 2 aromatic rings. The normalized spacial score (nSPS) is 22.4. The number of carbonyl (C=O) groups excluding carboxylic acids is 1. The van der Waals surface area contributed by atoms with Gasteiger partial charge in [0.1, 0.15) is 22.7 Å². The summed E-state index contributed by atoms with van der Waals surface area (Å²) < 4.78 is 0. The van der Waals surface area contributed by atoms with Gasteiger partial charge in [-0.05, 0) is 19.1 Å². The largest absolute Gasteiger partial charge is 0.369 e. The Kier molecular flexibility index (Phi) is 5.43. The summed E-state index contributed by atoms with van der Waals surface area (Å²) in [4.78, 5) is 33.6. The molecule has 6 rings (SSSR count). The van der Waals surface area contributed by atoms with Crippen LogP contribution in [0, 0.1) is 6.92 Å². The molecule has 1 aromatic carbocycles. The zero-order valence-electron chi connectivity index (χ0n) is 19.8. The van der Waals surface area contributed by atoms with Crippen LogP contribution in [-0.2, 0) is 0 Å². The van der Waals surface area contributed by atoms with Gasteiger partial charge in [0.05, 0.1) is 0 Å². The lowest BCUT2D eigenvalue weighted by Crippen LogP contribution is -2.49. The number of benzene rings is 1. The van der Waals surface area contributed by atoms with Crippen molar-refractivity contribution >= 4 is 40.9 Å². The predicted molar refractivity (Wildman–Crippen MR) is 136 cm³/mol. The second-order valence-electron chi connectivity index (χ2n) is 8.99. The highest BCUT2D eigenvalue weighted by atomic mass is 32.1. The van der Waals surface area contributed by atoms with Crippen molar-refractivity contribution in [2.45, 2.75) is 13.2 Å². The molecule has 0 radical (unpaired) electrons. The number of aliphatic imine (C=N–C) groups is 2. The van der Waals surface area contributed by atoms with Gasteiger partial charge < -0.3 is 4.90 Å². The van der Waals surface area contributed by atoms with Gasteiger partial charge in [0.25, 0.3) is 0 Å². The van der Waals surface area contributed by atoms with Crippen molar-refractivity contribution in [1.82, 2.24) is 29.8 Å². The third-order valence-electron chi connectivity index (χ3n) is 6.87. The Labute approximate surface area is 208 Å². The highest BCUT2D eigenvalue weighted by Crippen LogP contribution is 2.38. The van der Waals surface area contributed by atoms with Gasteiger partial charge in [-0.2, -0.15) is 0 Å². The number of hydrogen-bond donors (Lipinski definition) is 1. The Balaban J connectivity index is 1.15. The number of urea groups is 1. The van der Waals surface area contributed by atoms with Crippen LogP contribution in [-0.4, -0.2) is 101 Å². The first-order valence-corrected chi connectivity index (χ1v) is 12.6. The average Bonchev–Trinajstić information content (AvgIpc) is 3.58. The van der Waals surface area contributed by atoms with Gasteiger partial charge in [-0.15, -0.1) is 11.3 Å². The maximum Gasteiger partial charge on any atom is 0.341 e. The molecule has 0 spiro atoms. The van der Waals surface area contributed by atoms with Crippen LogP contribution in [0.2, 0.25) is 0 Å². The molecule has 0 bridgehead atoms. The Morgan fingerprint density at radius 3 is 2.60 bits per heavy atom. The first kappa shape index (κ1) is 22.0. The average molecular weight is 493 g/mol. The standard InChI is InChI=1S/C23H28N10OS/c1-16-3-5-17(6-4-16)30-11-8-29(9-12-30)10-13-31-22-27-20-19(33(22)28(2)23(31)34)18(26-15-32(20)24)21-25-7-14-35-21/h3-7,14-15,22H,8-13,24H2,1-2H3. The number of thiazole rings is 1. The molecule has 0 aliphatic carbocycles. The molecule has 12 heteroatoms. The molecule has 2 N–H and O–H groups in total. The van der Waals surface area contributed by atoms with E-state index in [-0.39, 0.29) is 6.03 Å². The molecule has 1 aromatic heterocycles. The van der Waals surface area contributed by atoms with Gasteiger partial charge >= 0.3 is 6.03 Å². The molecule has 2 amide bonds. The second-order valence-corrected chi connectivity index (χ2v) is 9.89. The van der Waals surface area contributed by atoms with Crippen molar-refractivity contribution in [2.24, 2.45) is 15.8 Å². The summed E-state index contributed by atoms with van der Waals surface area (Å²) in [6.07, 6.45) is 2.81. The zero-order chi connectivity index (χ0) is 24.1. The highest BCUT2D eigenvalue weighted by molar-refractivity contribution is 7.10. The number of amidine groups is 1. The van der Waals surface area contributed by atoms with E-state index in [1.165, 1.54) is 27.6 Å². The van der Waals surface area contributed by atoms with E-state index in [2.05, 4.69) is 51.0 Å². The summed E-state index contributed by atoms with van der Waals surface area (Å²) in [5, 5.41) is 7.56. The molecule has 0 saturated carbocycles. The number of nitrogens with zero attached hydrogens (tertiary/aromatic N) is 9. The maximum atomic E-state index is 13.2. The second kappa shape index (κ2) is 8.63. The van der Waals surface area contributed by atoms with Crippen molar-refractivity contribution in [3.63, 3.8) is 0 Å². The lowest BCUT2D eigenvalue weighted by molar-refractivity contribution is 0.0842. The van der Waals surface area contributed by atoms with E-state index < -0.39 is 6.29 Å². The number of hydrogen-bond acceptors (Lipinski definition) is 10. The third kappa shape index (κ3) is 3.74. The van der Waals surface area contributed by atoms with Gasteiger partial charge in [-0.3, -0.25) is 9.80 Å². The van der Waals surface area contributed by atoms with E-state index in [0.717, 1.165) is 37.7 Å². The molecule has 2 fully saturated rings. The van der Waals surface area contributed by atoms with Gasteiger partial charge in [-0.25, -0.2) is 40.6 Å². The summed E-state index contributed by atoms with van der Waals surface area (Å²) in [5.41, 5.74) is 3.93. The Hall–Kier alpha value is -3.48. The van der Waals surface area contributed by atoms with E-state index >= 15 is 0 Å². The lowest BCUT2D eigenvalue weighted by Gasteiger charge is -2.36. The Morgan fingerprint density at radius 2 is 1.89 bits per heavy atom. The lowest BCUT2D eigenvalue weighted by atomic mass is 10.2. The maximum absolute atomic E-state index is 13.2. The molecule has 4 aliphatic heterocycles. The molecule has 5 heterocycles. The Bertz CT molecular complexity index is 1200. The molecular weight excluding hydrogens is 464 g/mol. The third-order valence-corrected chi connectivity index (χ3v) is 7.65. The van der Waals surface area contributed by atoms with E-state index in [1.54, 1.807) is 29.5 Å². The number of anilines is 1. The summed E-state index contributed by atoms with van der Waals surface area (Å²) in [6.45, 7) is 7.33. The van der Waals surface area contributed by atoms with E-state index in [9.17, 15) is 4.79 Å². The summed E-state index contributed by atoms with van der Waals surface area (Å²) >= 11 is 1.49. The number of aromatic nitrogens is 1. The van der Waals surface area contributed by atoms with E-state index in [0.29, 0.717) is 23.8 Å². The SMILES string of the molecule is Cc1ccc(N2CCN(CCN3C(=O)N(C)N4C5=C(c6nccs6)N=CN(N)C5=NC34)CC2)cc1. The van der Waals surface area contributed by atoms with Crippen LogP contribution >= 0.6 is 11.3 Å². The summed E-state index contributed by atoms with van der Waals surface area (Å²) in [6, 6.07) is 8.62. The van der Waals surface area contributed by atoms with Crippen LogP contribution in [0.1, 0.15) is 10.6 Å². The summed E-state index contributed by atoms with van der Waals surface area (Å²) in [5.74, 6) is 6.75. The number of carbonyl (C=O) groups is 1. The number of nitrogens with two attached hydrogens (primary N) is 1. The first-order chi connectivity index (χ1) is 17.0. The number of hydrazine groups is 2. The number of amides is 2. The number of piperazine rings is 1. The molecule has 11 nitrogen and oxygen atoms in total. The van der Waals surface area contributed by atoms with Crippen LogP contribution in [0.15, 0.2) is 51.5 Å². The minimum Gasteiger partial charge on any atom is -0.369 e. The minimum atomic E-state index is -0.478. The van der Waals surface area contributed by atoms with Crippen molar-refractivity contribution in [2.75, 3.05) is 51.2 Å². The summed E-state index contributed by atoms with van der Waals surface area (Å²) in [7, 11) is 1.76. The fourth-order valence-corrected chi connectivity index (χ4v) is 5.54. The van der Waals surface area contributed by atoms with Gasteiger partial charge in [-0.1, -0.05) is 17.7 Å². The topological polar surface area (TPSA) is 100 Å². The van der Waals surface area contributed by atoms with Gasteiger partial charge in [0.2, 0.25) is 6.29 Å². The van der Waals surface area contributed by atoms with Crippen LogP contribution in [0.4, 0.5) is 10.5 Å².